The summed E-state index contributed by atoms with van der Waals surface area (Å²) in [6.45, 7) is 1.41. The first-order valence-electron chi connectivity index (χ1n) is 4.00. The molecule has 1 aromatic heterocycles. The maximum absolute atomic E-state index is 5.37. The number of hydrogen-bond donors (Lipinski definition) is 1. The average Bonchev–Trinajstić information content (AvgIpc) is 2.75. The van der Waals surface area contributed by atoms with Crippen molar-refractivity contribution in [3.8, 4) is 0 Å². The van der Waals surface area contributed by atoms with Gasteiger partial charge in [0.2, 0.25) is 0 Å². The van der Waals surface area contributed by atoms with Crippen LogP contribution >= 0.6 is 0 Å². The predicted octanol–water partition coefficient (Wildman–Crippen LogP) is 0.114. The third-order valence-corrected chi connectivity index (χ3v) is 1.91. The van der Waals surface area contributed by atoms with Crippen molar-refractivity contribution in [1.82, 2.24) is 15.0 Å². The molecule has 11 heavy (non-hydrogen) atoms. The first-order valence-corrected chi connectivity index (χ1v) is 4.00. The van der Waals surface area contributed by atoms with Crippen molar-refractivity contribution in [2.24, 2.45) is 5.73 Å². The highest BCUT2D eigenvalue weighted by molar-refractivity contribution is 5.08. The fraction of sp³-hybridized carbons (Fsp3) is 0.714. The zero-order valence-corrected chi connectivity index (χ0v) is 6.40. The summed E-state index contributed by atoms with van der Waals surface area (Å²) in [7, 11) is 0. The molecule has 1 saturated carbocycles. The molecule has 60 valence electrons. The van der Waals surface area contributed by atoms with Crippen molar-refractivity contribution in [1.29, 1.82) is 0 Å². The molecule has 1 aromatic rings. The van der Waals surface area contributed by atoms with Crippen molar-refractivity contribution in [3.63, 3.8) is 0 Å². The van der Waals surface area contributed by atoms with Gasteiger partial charge in [0.05, 0.1) is 12.2 Å². The zero-order valence-electron chi connectivity index (χ0n) is 6.40. The van der Waals surface area contributed by atoms with Gasteiger partial charge in [0.1, 0.15) is 0 Å². The molecule has 4 heteroatoms. The highest BCUT2D eigenvalue weighted by Gasteiger charge is 2.26. The molecule has 0 amide bonds. The summed E-state index contributed by atoms with van der Waals surface area (Å²) >= 11 is 0. The molecule has 0 radical (unpaired) electrons. The standard InChI is InChI=1S/C7H12N4/c8-3-4-11-5-7(9-10-11)6-1-2-6/h5-6H,1-4,8H2. The van der Waals surface area contributed by atoms with Gasteiger partial charge in [-0.2, -0.15) is 0 Å². The van der Waals surface area contributed by atoms with E-state index in [1.165, 1.54) is 12.8 Å². The lowest BCUT2D eigenvalue weighted by molar-refractivity contribution is 0.598. The maximum Gasteiger partial charge on any atom is 0.0857 e. The van der Waals surface area contributed by atoms with E-state index in [4.69, 9.17) is 5.73 Å². The van der Waals surface area contributed by atoms with E-state index in [-0.39, 0.29) is 0 Å². The van der Waals surface area contributed by atoms with Crippen molar-refractivity contribution < 1.29 is 0 Å². The summed E-state index contributed by atoms with van der Waals surface area (Å²) < 4.78 is 1.81. The minimum absolute atomic E-state index is 0.632. The molecule has 0 bridgehead atoms. The van der Waals surface area contributed by atoms with Gasteiger partial charge in [-0.25, -0.2) is 0 Å². The Kier molecular flexibility index (Phi) is 1.62. The highest BCUT2D eigenvalue weighted by atomic mass is 15.4. The second-order valence-electron chi connectivity index (χ2n) is 2.97. The van der Waals surface area contributed by atoms with Gasteiger partial charge >= 0.3 is 0 Å². The topological polar surface area (TPSA) is 56.7 Å². The fourth-order valence-electron chi connectivity index (χ4n) is 1.12. The number of hydrogen-bond acceptors (Lipinski definition) is 3. The van der Waals surface area contributed by atoms with Gasteiger partial charge in [-0.15, -0.1) is 5.10 Å². The minimum Gasteiger partial charge on any atom is -0.329 e. The summed E-state index contributed by atoms with van der Waals surface area (Å²) in [5, 5.41) is 8.01. The number of nitrogens with two attached hydrogens (primary N) is 1. The molecular formula is C7H12N4. The Bertz CT molecular complexity index is 238. The van der Waals surface area contributed by atoms with E-state index in [1.807, 2.05) is 10.9 Å². The highest BCUT2D eigenvalue weighted by Crippen LogP contribution is 2.38. The molecule has 1 aliphatic carbocycles. The Morgan fingerprint density at radius 2 is 2.45 bits per heavy atom. The smallest absolute Gasteiger partial charge is 0.0857 e. The van der Waals surface area contributed by atoms with Crippen LogP contribution in [0.25, 0.3) is 0 Å². The van der Waals surface area contributed by atoms with Gasteiger partial charge in [0, 0.05) is 18.7 Å². The molecule has 0 saturated heterocycles. The van der Waals surface area contributed by atoms with Crippen molar-refractivity contribution in [2.45, 2.75) is 25.3 Å². The maximum atomic E-state index is 5.37. The molecular weight excluding hydrogens is 140 g/mol. The van der Waals surface area contributed by atoms with E-state index in [0.29, 0.717) is 12.5 Å². The van der Waals surface area contributed by atoms with Crippen molar-refractivity contribution in [3.05, 3.63) is 11.9 Å². The Balaban J connectivity index is 2.06. The van der Waals surface area contributed by atoms with E-state index in [9.17, 15) is 0 Å². The first kappa shape index (κ1) is 6.79. The molecule has 0 aliphatic heterocycles. The SMILES string of the molecule is NCCn1cc(C2CC2)nn1. The molecule has 0 aromatic carbocycles. The van der Waals surface area contributed by atoms with Crippen LogP contribution in [0.15, 0.2) is 6.20 Å². The first-order chi connectivity index (χ1) is 5.40. The van der Waals surface area contributed by atoms with Crippen LogP contribution in [-0.4, -0.2) is 21.5 Å². The van der Waals surface area contributed by atoms with E-state index in [1.54, 1.807) is 0 Å². The summed E-state index contributed by atoms with van der Waals surface area (Å²) in [6, 6.07) is 0. The van der Waals surface area contributed by atoms with E-state index in [2.05, 4.69) is 10.3 Å². The van der Waals surface area contributed by atoms with Crippen molar-refractivity contribution in [2.75, 3.05) is 6.54 Å². The molecule has 0 unspecified atom stereocenters. The fourth-order valence-corrected chi connectivity index (χ4v) is 1.12. The van der Waals surface area contributed by atoms with Crippen LogP contribution in [-0.2, 0) is 6.54 Å². The van der Waals surface area contributed by atoms with E-state index >= 15 is 0 Å². The summed E-state index contributed by atoms with van der Waals surface area (Å²) in [6.07, 6.45) is 4.56. The lowest BCUT2D eigenvalue weighted by atomic mass is 10.3. The lowest BCUT2D eigenvalue weighted by Gasteiger charge is -1.92. The lowest BCUT2D eigenvalue weighted by Crippen LogP contribution is -2.10. The van der Waals surface area contributed by atoms with Crippen LogP contribution < -0.4 is 5.73 Å². The number of nitrogens with zero attached hydrogens (tertiary/aromatic N) is 3. The largest absolute Gasteiger partial charge is 0.329 e. The Morgan fingerprint density at radius 1 is 1.64 bits per heavy atom. The Morgan fingerprint density at radius 3 is 3.09 bits per heavy atom. The van der Waals surface area contributed by atoms with Gasteiger partial charge in [-0.3, -0.25) is 4.68 Å². The van der Waals surface area contributed by atoms with Crippen LogP contribution in [0.5, 0.6) is 0 Å². The number of rotatable bonds is 3. The molecule has 0 atom stereocenters. The van der Waals surface area contributed by atoms with Gasteiger partial charge in [0.15, 0.2) is 0 Å². The quantitative estimate of drug-likeness (QED) is 0.669. The third-order valence-electron chi connectivity index (χ3n) is 1.91. The van der Waals surface area contributed by atoms with Crippen LogP contribution in [0.2, 0.25) is 0 Å². The predicted molar refractivity (Wildman–Crippen MR) is 41.1 cm³/mol. The summed E-state index contributed by atoms with van der Waals surface area (Å²) in [5.41, 5.74) is 6.51. The van der Waals surface area contributed by atoms with Crippen LogP contribution in [0.3, 0.4) is 0 Å². The summed E-state index contributed by atoms with van der Waals surface area (Å²) in [4.78, 5) is 0. The summed E-state index contributed by atoms with van der Waals surface area (Å²) in [5.74, 6) is 0.696. The molecule has 4 nitrogen and oxygen atoms in total. The third kappa shape index (κ3) is 1.40. The molecule has 2 rings (SSSR count). The second-order valence-corrected chi connectivity index (χ2v) is 2.97. The van der Waals surface area contributed by atoms with Crippen LogP contribution in [0.4, 0.5) is 0 Å². The van der Waals surface area contributed by atoms with Gasteiger partial charge in [0.25, 0.3) is 0 Å². The molecule has 1 aliphatic rings. The Hall–Kier alpha value is -0.900. The monoisotopic (exact) mass is 152 g/mol. The van der Waals surface area contributed by atoms with E-state index < -0.39 is 0 Å². The average molecular weight is 152 g/mol. The van der Waals surface area contributed by atoms with Crippen LogP contribution in [0.1, 0.15) is 24.5 Å². The molecule has 1 heterocycles. The normalized spacial score (nSPS) is 17.2. The van der Waals surface area contributed by atoms with Gasteiger partial charge in [-0.05, 0) is 12.8 Å². The zero-order chi connectivity index (χ0) is 7.68. The van der Waals surface area contributed by atoms with Gasteiger partial charge < -0.3 is 5.73 Å². The van der Waals surface area contributed by atoms with E-state index in [0.717, 1.165) is 12.2 Å². The molecule has 0 spiro atoms. The number of aromatic nitrogens is 3. The molecule has 1 fully saturated rings. The van der Waals surface area contributed by atoms with Crippen molar-refractivity contribution >= 4 is 0 Å². The Labute approximate surface area is 65.4 Å². The second kappa shape index (κ2) is 2.62. The molecule has 2 N–H and O–H groups in total. The minimum atomic E-state index is 0.632. The van der Waals surface area contributed by atoms with Crippen LogP contribution in [0, 0.1) is 0 Å². The van der Waals surface area contributed by atoms with Gasteiger partial charge in [-0.1, -0.05) is 5.21 Å².